The molecule has 0 saturated heterocycles. The van der Waals surface area contributed by atoms with Crippen LogP contribution in [0.5, 0.6) is 5.75 Å². The summed E-state index contributed by atoms with van der Waals surface area (Å²) in [5, 5.41) is 5.60. The van der Waals surface area contributed by atoms with Crippen LogP contribution in [-0.4, -0.2) is 28.6 Å². The molecule has 2 heterocycles. The molecule has 2 aromatic carbocycles. The Balaban J connectivity index is 1.43. The number of ether oxygens (including phenoxy) is 1. The van der Waals surface area contributed by atoms with E-state index in [9.17, 15) is 4.79 Å². The van der Waals surface area contributed by atoms with Gasteiger partial charge in [0.1, 0.15) is 18.2 Å². The lowest BCUT2D eigenvalue weighted by Crippen LogP contribution is -2.26. The summed E-state index contributed by atoms with van der Waals surface area (Å²) in [5.74, 6) is 1.68. The fourth-order valence-corrected chi connectivity index (χ4v) is 4.07. The number of hydrogen-bond acceptors (Lipinski definition) is 4. The van der Waals surface area contributed by atoms with Crippen LogP contribution < -0.4 is 10.1 Å². The summed E-state index contributed by atoms with van der Waals surface area (Å²) in [4.78, 5) is 17.7. The molecule has 154 valence electrons. The van der Waals surface area contributed by atoms with E-state index in [-0.39, 0.29) is 5.91 Å². The molecular formula is C23H22ClN3O2S. The average molecular weight is 440 g/mol. The number of thiophene rings is 1. The quantitative estimate of drug-likeness (QED) is 0.415. The number of imidazole rings is 1. The third kappa shape index (κ3) is 4.66. The maximum atomic E-state index is 12.2. The molecule has 0 unspecified atom stereocenters. The number of fused-ring (bicyclic) bond motifs is 1. The van der Waals surface area contributed by atoms with Crippen molar-refractivity contribution < 1.29 is 9.53 Å². The minimum Gasteiger partial charge on any atom is -0.492 e. The van der Waals surface area contributed by atoms with E-state index in [1.807, 2.05) is 60.8 Å². The number of amides is 1. The van der Waals surface area contributed by atoms with Crippen LogP contribution >= 0.6 is 22.9 Å². The molecule has 0 radical (unpaired) electrons. The van der Waals surface area contributed by atoms with E-state index >= 15 is 0 Å². The van der Waals surface area contributed by atoms with E-state index in [1.54, 1.807) is 0 Å². The predicted octanol–water partition coefficient (Wildman–Crippen LogP) is 5.11. The van der Waals surface area contributed by atoms with Crippen molar-refractivity contribution in [2.75, 3.05) is 13.2 Å². The maximum absolute atomic E-state index is 12.2. The van der Waals surface area contributed by atoms with Crippen LogP contribution in [0, 0.1) is 6.92 Å². The lowest BCUT2D eigenvalue weighted by atomic mass is 10.2. The maximum Gasteiger partial charge on any atom is 0.261 e. The summed E-state index contributed by atoms with van der Waals surface area (Å²) >= 11 is 7.53. The summed E-state index contributed by atoms with van der Waals surface area (Å²) in [6.07, 6.45) is 0.645. The summed E-state index contributed by atoms with van der Waals surface area (Å²) in [7, 11) is 0. The highest BCUT2D eigenvalue weighted by Crippen LogP contribution is 2.22. The topological polar surface area (TPSA) is 56.1 Å². The predicted molar refractivity (Wildman–Crippen MR) is 122 cm³/mol. The van der Waals surface area contributed by atoms with Gasteiger partial charge in [0.05, 0.1) is 22.5 Å². The average Bonchev–Trinajstić information content (AvgIpc) is 3.39. The number of nitrogens with one attached hydrogen (secondary N) is 1. The Morgan fingerprint density at radius 1 is 1.20 bits per heavy atom. The minimum atomic E-state index is -0.0471. The molecule has 0 fully saturated rings. The molecule has 0 spiro atoms. The highest BCUT2D eigenvalue weighted by molar-refractivity contribution is 7.12. The second-order valence-corrected chi connectivity index (χ2v) is 8.27. The monoisotopic (exact) mass is 439 g/mol. The number of para-hydroxylation sites is 2. The first kappa shape index (κ1) is 20.4. The molecule has 1 N–H and O–H groups in total. The number of aryl methyl sites for hydroxylation is 1. The Kier molecular flexibility index (Phi) is 6.35. The van der Waals surface area contributed by atoms with Crippen LogP contribution in [0.15, 0.2) is 60.0 Å². The lowest BCUT2D eigenvalue weighted by Gasteiger charge is -2.12. The highest BCUT2D eigenvalue weighted by Gasteiger charge is 2.12. The van der Waals surface area contributed by atoms with Crippen LogP contribution in [0.4, 0.5) is 0 Å². The fraction of sp³-hybridized carbons (Fsp3) is 0.217. The number of halogens is 1. The normalized spacial score (nSPS) is 11.0. The van der Waals surface area contributed by atoms with Crippen molar-refractivity contribution in [1.82, 2.24) is 14.9 Å². The van der Waals surface area contributed by atoms with Gasteiger partial charge in [0.25, 0.3) is 5.91 Å². The van der Waals surface area contributed by atoms with Crippen LogP contribution in [-0.2, 0) is 13.0 Å². The Morgan fingerprint density at radius 2 is 2.07 bits per heavy atom. The number of carbonyl (C=O) groups is 1. The van der Waals surface area contributed by atoms with E-state index in [2.05, 4.69) is 16.0 Å². The van der Waals surface area contributed by atoms with Crippen LogP contribution in [0.2, 0.25) is 5.02 Å². The van der Waals surface area contributed by atoms with Gasteiger partial charge in [0.2, 0.25) is 0 Å². The molecule has 0 saturated carbocycles. The van der Waals surface area contributed by atoms with Gasteiger partial charge in [-0.25, -0.2) is 4.98 Å². The number of nitrogens with zero attached hydrogens (tertiary/aromatic N) is 2. The van der Waals surface area contributed by atoms with Gasteiger partial charge in [-0.05, 0) is 54.3 Å². The third-order valence-electron chi connectivity index (χ3n) is 4.83. The SMILES string of the molecule is Cc1cc(OCCn2c(CCNC(=O)c3cccs3)nc3ccccc32)ccc1Cl. The fourth-order valence-electron chi connectivity index (χ4n) is 3.31. The van der Waals surface area contributed by atoms with Crippen LogP contribution in [0.25, 0.3) is 11.0 Å². The van der Waals surface area contributed by atoms with E-state index in [0.29, 0.717) is 26.1 Å². The third-order valence-corrected chi connectivity index (χ3v) is 6.12. The van der Waals surface area contributed by atoms with E-state index in [4.69, 9.17) is 21.3 Å². The van der Waals surface area contributed by atoms with E-state index in [1.165, 1.54) is 11.3 Å². The summed E-state index contributed by atoms with van der Waals surface area (Å²) in [5.41, 5.74) is 3.00. The first-order valence-electron chi connectivity index (χ1n) is 9.76. The molecule has 0 aliphatic rings. The number of aromatic nitrogens is 2. The molecule has 0 atom stereocenters. The molecule has 0 aliphatic carbocycles. The summed E-state index contributed by atoms with van der Waals surface area (Å²) < 4.78 is 8.10. The smallest absolute Gasteiger partial charge is 0.261 e. The van der Waals surface area contributed by atoms with Crippen LogP contribution in [0.1, 0.15) is 21.1 Å². The molecule has 1 amide bonds. The molecule has 0 aliphatic heterocycles. The van der Waals surface area contributed by atoms with Gasteiger partial charge < -0.3 is 14.6 Å². The first-order valence-corrected chi connectivity index (χ1v) is 11.0. The van der Waals surface area contributed by atoms with Crippen molar-refractivity contribution in [3.63, 3.8) is 0 Å². The number of hydrogen-bond donors (Lipinski definition) is 1. The van der Waals surface area contributed by atoms with Gasteiger partial charge in [0, 0.05) is 18.0 Å². The van der Waals surface area contributed by atoms with Gasteiger partial charge in [-0.1, -0.05) is 29.8 Å². The van der Waals surface area contributed by atoms with Gasteiger partial charge >= 0.3 is 0 Å². The second kappa shape index (κ2) is 9.32. The zero-order valence-electron chi connectivity index (χ0n) is 16.6. The largest absolute Gasteiger partial charge is 0.492 e. The minimum absolute atomic E-state index is 0.0471. The van der Waals surface area contributed by atoms with Gasteiger partial charge in [-0.3, -0.25) is 4.79 Å². The molecule has 0 bridgehead atoms. The van der Waals surface area contributed by atoms with Crippen molar-refractivity contribution >= 4 is 39.9 Å². The molecule has 4 rings (SSSR count). The molecule has 5 nitrogen and oxygen atoms in total. The van der Waals surface area contributed by atoms with Crippen molar-refractivity contribution in [2.45, 2.75) is 19.9 Å². The molecule has 4 aromatic rings. The molecular weight excluding hydrogens is 418 g/mol. The van der Waals surface area contributed by atoms with E-state index < -0.39 is 0 Å². The summed E-state index contributed by atoms with van der Waals surface area (Å²) in [6, 6.07) is 17.4. The van der Waals surface area contributed by atoms with Gasteiger partial charge in [0.15, 0.2) is 0 Å². The van der Waals surface area contributed by atoms with Gasteiger partial charge in [-0.2, -0.15) is 0 Å². The standard InChI is InChI=1S/C23H22ClN3O2S/c1-16-15-17(8-9-18(16)24)29-13-12-27-20-6-3-2-5-19(20)26-22(27)10-11-25-23(28)21-7-4-14-30-21/h2-9,14-15H,10-13H2,1H3,(H,25,28). The second-order valence-electron chi connectivity index (χ2n) is 6.91. The van der Waals surface area contributed by atoms with Crippen LogP contribution in [0.3, 0.4) is 0 Å². The molecule has 7 heteroatoms. The number of benzene rings is 2. The van der Waals surface area contributed by atoms with Gasteiger partial charge in [-0.15, -0.1) is 11.3 Å². The molecule has 30 heavy (non-hydrogen) atoms. The Hall–Kier alpha value is -2.83. The van der Waals surface area contributed by atoms with Crippen molar-refractivity contribution in [1.29, 1.82) is 0 Å². The van der Waals surface area contributed by atoms with Crippen molar-refractivity contribution in [2.24, 2.45) is 0 Å². The Morgan fingerprint density at radius 3 is 2.87 bits per heavy atom. The van der Waals surface area contributed by atoms with Crippen molar-refractivity contribution in [3.8, 4) is 5.75 Å². The Labute approximate surface area is 184 Å². The first-order chi connectivity index (χ1) is 14.6. The highest BCUT2D eigenvalue weighted by atomic mass is 35.5. The number of rotatable bonds is 8. The zero-order valence-corrected chi connectivity index (χ0v) is 18.2. The van der Waals surface area contributed by atoms with Crippen molar-refractivity contribution in [3.05, 3.63) is 81.3 Å². The molecule has 2 aromatic heterocycles. The lowest BCUT2D eigenvalue weighted by molar-refractivity contribution is 0.0958. The zero-order chi connectivity index (χ0) is 20.9. The Bertz CT molecular complexity index is 1150. The summed E-state index contributed by atoms with van der Waals surface area (Å²) in [6.45, 7) is 3.66. The number of carbonyl (C=O) groups excluding carboxylic acids is 1. The van der Waals surface area contributed by atoms with E-state index in [0.717, 1.165) is 38.1 Å².